The molecule has 0 saturated heterocycles. The van der Waals surface area contributed by atoms with Crippen LogP contribution in [0, 0.1) is 5.95 Å². The van der Waals surface area contributed by atoms with Crippen molar-refractivity contribution in [2.45, 2.75) is 6.18 Å². The summed E-state index contributed by atoms with van der Waals surface area (Å²) in [6, 6.07) is 5.34. The van der Waals surface area contributed by atoms with Crippen molar-refractivity contribution in [3.63, 3.8) is 0 Å². The van der Waals surface area contributed by atoms with Crippen molar-refractivity contribution in [1.29, 1.82) is 0 Å². The first-order valence-electron chi connectivity index (χ1n) is 5.11. The Bertz CT molecular complexity index is 599. The van der Waals surface area contributed by atoms with Crippen LogP contribution in [0.15, 0.2) is 36.5 Å². The van der Waals surface area contributed by atoms with Gasteiger partial charge >= 0.3 is 6.18 Å². The van der Waals surface area contributed by atoms with Crippen LogP contribution in [-0.4, -0.2) is 4.98 Å². The average Bonchev–Trinajstić information content (AvgIpc) is 2.30. The number of hydrogen-bond donors (Lipinski definition) is 1. The highest BCUT2D eigenvalue weighted by Crippen LogP contribution is 2.34. The number of benzene rings is 1. The predicted octanol–water partition coefficient (Wildman–Crippen LogP) is 4.64. The van der Waals surface area contributed by atoms with Crippen molar-refractivity contribution in [3.8, 4) is 0 Å². The maximum atomic E-state index is 12.9. The number of anilines is 2. The molecule has 100 valence electrons. The molecule has 1 N–H and O–H groups in total. The zero-order chi connectivity index (χ0) is 14.0. The van der Waals surface area contributed by atoms with Crippen LogP contribution in [0.5, 0.6) is 0 Å². The molecule has 0 radical (unpaired) electrons. The molecular formula is C12H7ClF4N2. The van der Waals surface area contributed by atoms with Crippen LogP contribution in [0.25, 0.3) is 0 Å². The summed E-state index contributed by atoms with van der Waals surface area (Å²) < 4.78 is 50.6. The number of halogens is 5. The van der Waals surface area contributed by atoms with Crippen LogP contribution in [-0.2, 0) is 6.18 Å². The highest BCUT2D eigenvalue weighted by molar-refractivity contribution is 6.33. The van der Waals surface area contributed by atoms with Gasteiger partial charge in [0.2, 0.25) is 5.95 Å². The minimum atomic E-state index is -4.47. The lowest BCUT2D eigenvalue weighted by Crippen LogP contribution is -2.05. The number of alkyl halides is 3. The van der Waals surface area contributed by atoms with Gasteiger partial charge in [0.1, 0.15) is 0 Å². The molecule has 2 aromatic rings. The Morgan fingerprint density at radius 3 is 2.47 bits per heavy atom. The minimum absolute atomic E-state index is 0.0436. The Labute approximate surface area is 111 Å². The van der Waals surface area contributed by atoms with E-state index in [1.807, 2.05) is 0 Å². The summed E-state index contributed by atoms with van der Waals surface area (Å²) in [6.45, 7) is 0. The van der Waals surface area contributed by atoms with E-state index in [2.05, 4.69) is 10.3 Å². The molecule has 0 saturated carbocycles. The van der Waals surface area contributed by atoms with Crippen molar-refractivity contribution >= 4 is 23.0 Å². The van der Waals surface area contributed by atoms with E-state index in [4.69, 9.17) is 11.6 Å². The third-order valence-corrected chi connectivity index (χ3v) is 2.63. The fourth-order valence-corrected chi connectivity index (χ4v) is 1.60. The summed E-state index contributed by atoms with van der Waals surface area (Å²) in [5, 5.41) is 2.72. The molecule has 2 nitrogen and oxygen atoms in total. The van der Waals surface area contributed by atoms with Gasteiger partial charge in [0, 0.05) is 18.0 Å². The Balaban J connectivity index is 2.34. The molecule has 0 spiro atoms. The highest BCUT2D eigenvalue weighted by atomic mass is 35.5. The van der Waals surface area contributed by atoms with Gasteiger partial charge in [0.25, 0.3) is 0 Å². The van der Waals surface area contributed by atoms with Gasteiger partial charge in [0.05, 0.1) is 16.3 Å². The van der Waals surface area contributed by atoms with E-state index in [1.54, 1.807) is 0 Å². The first-order valence-corrected chi connectivity index (χ1v) is 5.49. The van der Waals surface area contributed by atoms with Gasteiger partial charge in [0.15, 0.2) is 0 Å². The molecule has 0 atom stereocenters. The van der Waals surface area contributed by atoms with Crippen LogP contribution < -0.4 is 5.32 Å². The van der Waals surface area contributed by atoms with Crippen LogP contribution >= 0.6 is 11.6 Å². The first kappa shape index (κ1) is 13.6. The van der Waals surface area contributed by atoms with E-state index in [0.717, 1.165) is 24.3 Å². The third kappa shape index (κ3) is 3.35. The Kier molecular flexibility index (Phi) is 3.61. The second-order valence-corrected chi connectivity index (χ2v) is 4.09. The van der Waals surface area contributed by atoms with Crippen LogP contribution in [0.2, 0.25) is 5.02 Å². The standard InChI is InChI=1S/C12H7ClF4N2/c13-9-2-1-7(12(15,16)17)5-10(9)19-8-3-4-18-11(14)6-8/h1-6H,(H,18,19). The number of hydrogen-bond acceptors (Lipinski definition) is 2. The third-order valence-electron chi connectivity index (χ3n) is 2.30. The van der Waals surface area contributed by atoms with Crippen molar-refractivity contribution in [3.05, 3.63) is 53.1 Å². The normalized spacial score (nSPS) is 11.4. The van der Waals surface area contributed by atoms with Crippen molar-refractivity contribution in [2.24, 2.45) is 0 Å². The quantitative estimate of drug-likeness (QED) is 0.644. The molecule has 0 amide bonds. The van der Waals surface area contributed by atoms with Gasteiger partial charge in [-0.15, -0.1) is 0 Å². The molecule has 0 aliphatic carbocycles. The topological polar surface area (TPSA) is 24.9 Å². The second kappa shape index (κ2) is 5.05. The summed E-state index contributed by atoms with van der Waals surface area (Å²) >= 11 is 5.80. The molecule has 1 aromatic heterocycles. The number of nitrogens with zero attached hydrogens (tertiary/aromatic N) is 1. The van der Waals surface area contributed by atoms with Crippen LogP contribution in [0.1, 0.15) is 5.56 Å². The molecule has 0 aliphatic rings. The molecule has 0 aliphatic heterocycles. The number of pyridine rings is 1. The molecule has 0 unspecified atom stereocenters. The van der Waals surface area contributed by atoms with Gasteiger partial charge in [-0.2, -0.15) is 17.6 Å². The molecular weight excluding hydrogens is 284 g/mol. The lowest BCUT2D eigenvalue weighted by atomic mass is 10.2. The van der Waals surface area contributed by atoms with Crippen molar-refractivity contribution in [2.75, 3.05) is 5.32 Å². The molecule has 19 heavy (non-hydrogen) atoms. The largest absolute Gasteiger partial charge is 0.416 e. The molecule has 0 bridgehead atoms. The minimum Gasteiger partial charge on any atom is -0.354 e. The Hall–Kier alpha value is -1.82. The van der Waals surface area contributed by atoms with E-state index < -0.39 is 17.7 Å². The fraction of sp³-hybridized carbons (Fsp3) is 0.0833. The second-order valence-electron chi connectivity index (χ2n) is 3.68. The number of rotatable bonds is 2. The lowest BCUT2D eigenvalue weighted by molar-refractivity contribution is -0.137. The van der Waals surface area contributed by atoms with E-state index >= 15 is 0 Å². The maximum absolute atomic E-state index is 12.9. The zero-order valence-electron chi connectivity index (χ0n) is 9.30. The molecule has 1 aromatic carbocycles. The van der Waals surface area contributed by atoms with Gasteiger partial charge in [-0.05, 0) is 24.3 Å². The van der Waals surface area contributed by atoms with Crippen LogP contribution in [0.4, 0.5) is 28.9 Å². The molecule has 2 rings (SSSR count). The summed E-state index contributed by atoms with van der Waals surface area (Å²) in [5.41, 5.74) is -0.537. The van der Waals surface area contributed by atoms with Gasteiger partial charge in [-0.1, -0.05) is 11.6 Å². The van der Waals surface area contributed by atoms with Crippen LogP contribution in [0.3, 0.4) is 0 Å². The van der Waals surface area contributed by atoms with Gasteiger partial charge in [-0.3, -0.25) is 0 Å². The predicted molar refractivity (Wildman–Crippen MR) is 63.9 cm³/mol. The Morgan fingerprint density at radius 1 is 1.11 bits per heavy atom. The van der Waals surface area contributed by atoms with Gasteiger partial charge in [-0.25, -0.2) is 4.98 Å². The number of nitrogens with one attached hydrogen (secondary N) is 1. The van der Waals surface area contributed by atoms with E-state index in [9.17, 15) is 17.6 Å². The van der Waals surface area contributed by atoms with E-state index in [-0.39, 0.29) is 16.4 Å². The van der Waals surface area contributed by atoms with Crippen molar-refractivity contribution < 1.29 is 17.6 Å². The summed E-state index contributed by atoms with van der Waals surface area (Å²) in [5.74, 6) is -0.743. The van der Waals surface area contributed by atoms with E-state index in [0.29, 0.717) is 0 Å². The lowest BCUT2D eigenvalue weighted by Gasteiger charge is -2.12. The Morgan fingerprint density at radius 2 is 1.84 bits per heavy atom. The molecule has 0 fully saturated rings. The maximum Gasteiger partial charge on any atom is 0.416 e. The zero-order valence-corrected chi connectivity index (χ0v) is 10.1. The van der Waals surface area contributed by atoms with Crippen molar-refractivity contribution in [1.82, 2.24) is 4.98 Å². The first-order chi connectivity index (χ1) is 8.86. The summed E-state index contributed by atoms with van der Waals surface area (Å²) in [6.07, 6.45) is -3.27. The number of aromatic nitrogens is 1. The summed E-state index contributed by atoms with van der Waals surface area (Å²) in [7, 11) is 0. The monoisotopic (exact) mass is 290 g/mol. The molecule has 7 heteroatoms. The fourth-order valence-electron chi connectivity index (χ4n) is 1.43. The molecule has 1 heterocycles. The van der Waals surface area contributed by atoms with E-state index in [1.165, 1.54) is 12.3 Å². The average molecular weight is 291 g/mol. The SMILES string of the molecule is Fc1cc(Nc2cc(C(F)(F)F)ccc2Cl)ccn1. The smallest absolute Gasteiger partial charge is 0.354 e. The highest BCUT2D eigenvalue weighted by Gasteiger charge is 2.30. The summed E-state index contributed by atoms with van der Waals surface area (Å²) in [4.78, 5) is 3.34. The van der Waals surface area contributed by atoms with Gasteiger partial charge < -0.3 is 5.32 Å².